The molecule has 0 radical (unpaired) electrons. The van der Waals surface area contributed by atoms with Crippen LogP contribution < -0.4 is 10.1 Å². The minimum Gasteiger partial charge on any atom is -0.434 e. The molecular weight excluding hydrogens is 340 g/mol. The molecular formula is C20H21F2NO3. The zero-order valence-corrected chi connectivity index (χ0v) is 14.2. The molecule has 6 heteroatoms. The van der Waals surface area contributed by atoms with Crippen molar-refractivity contribution in [1.82, 2.24) is 5.32 Å². The number of rotatable bonds is 10. The predicted octanol–water partition coefficient (Wildman–Crippen LogP) is 4.02. The van der Waals surface area contributed by atoms with E-state index in [-0.39, 0.29) is 11.7 Å². The molecule has 138 valence electrons. The molecule has 0 atom stereocenters. The summed E-state index contributed by atoms with van der Waals surface area (Å²) in [7, 11) is 0. The highest BCUT2D eigenvalue weighted by Gasteiger charge is 2.07. The Morgan fingerprint density at radius 1 is 1.08 bits per heavy atom. The van der Waals surface area contributed by atoms with Crippen LogP contribution in [0.4, 0.5) is 8.78 Å². The second-order valence-electron chi connectivity index (χ2n) is 5.43. The lowest BCUT2D eigenvalue weighted by Crippen LogP contribution is -2.23. The second kappa shape index (κ2) is 11.0. The van der Waals surface area contributed by atoms with Gasteiger partial charge in [-0.25, -0.2) is 0 Å². The standard InChI is InChI=1S/C20H21F2NO3/c21-20(22)26-18-10-5-4-9-17(18)11-12-19(24)23-13-6-14-25-15-16-7-2-1-3-8-16/h1-5,7-12,20H,6,13-15H2,(H,23,24)/b12-11+. The van der Waals surface area contributed by atoms with E-state index in [0.29, 0.717) is 31.7 Å². The molecule has 2 aromatic rings. The van der Waals surface area contributed by atoms with Crippen LogP contribution in [0.5, 0.6) is 5.75 Å². The topological polar surface area (TPSA) is 47.6 Å². The summed E-state index contributed by atoms with van der Waals surface area (Å²) in [4.78, 5) is 11.8. The lowest BCUT2D eigenvalue weighted by molar-refractivity contribution is -0.116. The third-order valence-electron chi connectivity index (χ3n) is 3.43. The van der Waals surface area contributed by atoms with Crippen molar-refractivity contribution in [3.05, 3.63) is 71.8 Å². The maximum Gasteiger partial charge on any atom is 0.387 e. The monoisotopic (exact) mass is 361 g/mol. The third kappa shape index (κ3) is 7.44. The van der Waals surface area contributed by atoms with Crippen molar-refractivity contribution in [2.24, 2.45) is 0 Å². The fourth-order valence-corrected chi connectivity index (χ4v) is 2.20. The van der Waals surface area contributed by atoms with Crippen molar-refractivity contribution in [1.29, 1.82) is 0 Å². The molecule has 1 amide bonds. The highest BCUT2D eigenvalue weighted by atomic mass is 19.3. The van der Waals surface area contributed by atoms with Crippen LogP contribution in [-0.2, 0) is 16.1 Å². The van der Waals surface area contributed by atoms with Crippen LogP contribution >= 0.6 is 0 Å². The Labute approximate surface area is 151 Å². The van der Waals surface area contributed by atoms with Gasteiger partial charge in [-0.1, -0.05) is 48.5 Å². The molecule has 0 fully saturated rings. The van der Waals surface area contributed by atoms with Crippen LogP contribution in [0.3, 0.4) is 0 Å². The molecule has 0 spiro atoms. The molecule has 0 aliphatic rings. The van der Waals surface area contributed by atoms with E-state index in [9.17, 15) is 13.6 Å². The molecule has 0 saturated heterocycles. The van der Waals surface area contributed by atoms with Gasteiger partial charge in [-0.15, -0.1) is 0 Å². The predicted molar refractivity (Wildman–Crippen MR) is 95.8 cm³/mol. The summed E-state index contributed by atoms with van der Waals surface area (Å²) < 4.78 is 34.6. The molecule has 0 aromatic heterocycles. The highest BCUT2D eigenvalue weighted by Crippen LogP contribution is 2.21. The van der Waals surface area contributed by atoms with Gasteiger partial charge in [0, 0.05) is 24.8 Å². The van der Waals surface area contributed by atoms with Crippen molar-refractivity contribution in [2.45, 2.75) is 19.6 Å². The lowest BCUT2D eigenvalue weighted by atomic mass is 10.2. The average molecular weight is 361 g/mol. The number of nitrogens with one attached hydrogen (secondary N) is 1. The Morgan fingerprint density at radius 3 is 2.58 bits per heavy atom. The van der Waals surface area contributed by atoms with Gasteiger partial charge in [0.1, 0.15) is 5.75 Å². The van der Waals surface area contributed by atoms with Crippen molar-refractivity contribution < 1.29 is 23.0 Å². The number of carbonyl (C=O) groups is 1. The van der Waals surface area contributed by atoms with E-state index < -0.39 is 6.61 Å². The number of para-hydroxylation sites is 1. The lowest BCUT2D eigenvalue weighted by Gasteiger charge is -2.07. The van der Waals surface area contributed by atoms with Crippen LogP contribution in [0.1, 0.15) is 17.5 Å². The van der Waals surface area contributed by atoms with E-state index in [4.69, 9.17) is 4.74 Å². The Balaban J connectivity index is 1.66. The average Bonchev–Trinajstić information content (AvgIpc) is 2.64. The van der Waals surface area contributed by atoms with Crippen molar-refractivity contribution in [3.8, 4) is 5.75 Å². The third-order valence-corrected chi connectivity index (χ3v) is 3.43. The molecule has 26 heavy (non-hydrogen) atoms. The van der Waals surface area contributed by atoms with Crippen molar-refractivity contribution >= 4 is 12.0 Å². The van der Waals surface area contributed by atoms with Gasteiger partial charge in [0.2, 0.25) is 5.91 Å². The van der Waals surface area contributed by atoms with Gasteiger partial charge in [-0.3, -0.25) is 4.79 Å². The maximum absolute atomic E-state index is 12.3. The first-order valence-corrected chi connectivity index (χ1v) is 8.26. The first-order valence-electron chi connectivity index (χ1n) is 8.26. The molecule has 0 aliphatic carbocycles. The molecule has 2 aromatic carbocycles. The van der Waals surface area contributed by atoms with Crippen LogP contribution in [0, 0.1) is 0 Å². The number of benzene rings is 2. The molecule has 4 nitrogen and oxygen atoms in total. The number of amides is 1. The fourth-order valence-electron chi connectivity index (χ4n) is 2.20. The molecule has 1 N–H and O–H groups in total. The van der Waals surface area contributed by atoms with Gasteiger partial charge in [-0.05, 0) is 24.1 Å². The quantitative estimate of drug-likeness (QED) is 0.514. The van der Waals surface area contributed by atoms with E-state index in [1.165, 1.54) is 18.2 Å². The zero-order chi connectivity index (χ0) is 18.6. The number of alkyl halides is 2. The van der Waals surface area contributed by atoms with Gasteiger partial charge in [-0.2, -0.15) is 8.78 Å². The van der Waals surface area contributed by atoms with Gasteiger partial charge in [0.15, 0.2) is 0 Å². The molecule has 0 unspecified atom stereocenters. The molecule has 2 rings (SSSR count). The second-order valence-corrected chi connectivity index (χ2v) is 5.43. The summed E-state index contributed by atoms with van der Waals surface area (Å²) in [5.74, 6) is -0.277. The minimum atomic E-state index is -2.91. The number of ether oxygens (including phenoxy) is 2. The number of halogens is 2. The smallest absolute Gasteiger partial charge is 0.387 e. The van der Waals surface area contributed by atoms with Gasteiger partial charge in [0.25, 0.3) is 0 Å². The van der Waals surface area contributed by atoms with E-state index in [0.717, 1.165) is 5.56 Å². The summed E-state index contributed by atoms with van der Waals surface area (Å²) in [6.07, 6.45) is 3.41. The Bertz CT molecular complexity index is 705. The fraction of sp³-hybridized carbons (Fsp3) is 0.250. The minimum absolute atomic E-state index is 0.0286. The SMILES string of the molecule is O=C(/C=C/c1ccccc1OC(F)F)NCCCOCc1ccccc1. The summed E-state index contributed by atoms with van der Waals surface area (Å²) in [6.45, 7) is -1.37. The van der Waals surface area contributed by atoms with Crippen LogP contribution in [0.15, 0.2) is 60.7 Å². The number of hydrogen-bond donors (Lipinski definition) is 1. The van der Waals surface area contributed by atoms with Crippen molar-refractivity contribution in [3.63, 3.8) is 0 Å². The van der Waals surface area contributed by atoms with E-state index in [1.54, 1.807) is 18.2 Å². The van der Waals surface area contributed by atoms with Crippen LogP contribution in [0.25, 0.3) is 6.08 Å². The van der Waals surface area contributed by atoms with Gasteiger partial charge in [0.05, 0.1) is 6.61 Å². The molecule has 0 aliphatic heterocycles. The van der Waals surface area contributed by atoms with Crippen molar-refractivity contribution in [2.75, 3.05) is 13.2 Å². The largest absolute Gasteiger partial charge is 0.434 e. The number of carbonyl (C=O) groups excluding carboxylic acids is 1. The Kier molecular flexibility index (Phi) is 8.29. The normalized spacial score (nSPS) is 11.0. The summed E-state index contributed by atoms with van der Waals surface area (Å²) in [5.41, 5.74) is 1.51. The molecule has 0 bridgehead atoms. The van der Waals surface area contributed by atoms with Crippen LogP contribution in [0.2, 0.25) is 0 Å². The van der Waals surface area contributed by atoms with E-state index in [1.807, 2.05) is 30.3 Å². The Morgan fingerprint density at radius 2 is 1.81 bits per heavy atom. The first-order chi connectivity index (χ1) is 12.6. The Hall–Kier alpha value is -2.73. The molecule has 0 saturated carbocycles. The first kappa shape index (κ1) is 19.6. The molecule has 0 heterocycles. The van der Waals surface area contributed by atoms with Crippen LogP contribution in [-0.4, -0.2) is 25.7 Å². The maximum atomic E-state index is 12.3. The zero-order valence-electron chi connectivity index (χ0n) is 14.2. The summed E-state index contributed by atoms with van der Waals surface area (Å²) in [6, 6.07) is 16.1. The summed E-state index contributed by atoms with van der Waals surface area (Å²) >= 11 is 0. The number of hydrogen-bond acceptors (Lipinski definition) is 3. The van der Waals surface area contributed by atoms with Gasteiger partial charge < -0.3 is 14.8 Å². The van der Waals surface area contributed by atoms with Gasteiger partial charge >= 0.3 is 6.61 Å². The highest BCUT2D eigenvalue weighted by molar-refractivity contribution is 5.92. The van der Waals surface area contributed by atoms with E-state index in [2.05, 4.69) is 10.1 Å². The van der Waals surface area contributed by atoms with E-state index >= 15 is 0 Å². The summed E-state index contributed by atoms with van der Waals surface area (Å²) in [5, 5.41) is 2.72.